The van der Waals surface area contributed by atoms with Gasteiger partial charge in [-0.1, -0.05) is 66.2 Å². The molecule has 0 aromatic carbocycles. The van der Waals surface area contributed by atoms with Crippen molar-refractivity contribution in [3.05, 3.63) is 45.6 Å². The Morgan fingerprint density at radius 2 is 0.857 bits per heavy atom. The maximum Gasteiger partial charge on any atom is 4.00 e. The van der Waals surface area contributed by atoms with E-state index < -0.39 is 0 Å². The van der Waals surface area contributed by atoms with Crippen molar-refractivity contribution in [3.8, 4) is 0 Å². The Labute approximate surface area is 154 Å². The van der Waals surface area contributed by atoms with Gasteiger partial charge in [-0.2, -0.15) is 22.3 Å². The zero-order valence-corrected chi connectivity index (χ0v) is 18.0. The zero-order valence-electron chi connectivity index (χ0n) is 17.5. The molecular formula is C20H32Zr. The molecule has 21 heavy (non-hydrogen) atoms. The second-order valence-corrected chi connectivity index (χ2v) is 7.25. The van der Waals surface area contributed by atoms with Gasteiger partial charge < -0.3 is 2.85 Å². The van der Waals surface area contributed by atoms with Gasteiger partial charge in [0.05, 0.1) is 0 Å². The van der Waals surface area contributed by atoms with Crippen LogP contribution in [0.5, 0.6) is 0 Å². The minimum absolute atomic E-state index is 0. The molecular weight excluding hydrogens is 331 g/mol. The second-order valence-electron chi connectivity index (χ2n) is 7.25. The largest absolute Gasteiger partial charge is 4.00 e. The fraction of sp³-hybridized carbons (Fsp3) is 0.600. The molecule has 0 aromatic heterocycles. The van der Waals surface area contributed by atoms with Gasteiger partial charge in [0.1, 0.15) is 0 Å². The van der Waals surface area contributed by atoms with Crippen LogP contribution >= 0.6 is 0 Å². The maximum absolute atomic E-state index is 3.44. The van der Waals surface area contributed by atoms with Crippen LogP contribution in [0, 0.1) is 23.0 Å². The van der Waals surface area contributed by atoms with Crippen molar-refractivity contribution >= 4 is 0 Å². The standard InChI is InChI=1S/2C10H15.Zr.2H/c2*1-7-6-10(4,5)9(3)8(7)2;;;/h2*1-5H3;;;/q2*-1;+4;2*-1. The normalized spacial score (nSPS) is 22.4. The van der Waals surface area contributed by atoms with Crippen molar-refractivity contribution in [2.45, 2.75) is 69.2 Å². The van der Waals surface area contributed by atoms with Gasteiger partial charge in [-0.15, -0.1) is 13.8 Å². The van der Waals surface area contributed by atoms with Crippen LogP contribution in [0.3, 0.4) is 0 Å². The molecule has 0 unspecified atom stereocenters. The average Bonchev–Trinajstić information content (AvgIpc) is 2.60. The molecule has 2 aliphatic rings. The van der Waals surface area contributed by atoms with Crippen LogP contribution in [-0.2, 0) is 26.2 Å². The van der Waals surface area contributed by atoms with E-state index in [0.717, 1.165) is 0 Å². The first kappa shape index (κ1) is 20.8. The van der Waals surface area contributed by atoms with E-state index in [9.17, 15) is 0 Å². The average molecular weight is 364 g/mol. The third kappa shape index (κ3) is 4.41. The number of allylic oxidation sites excluding steroid dienone is 8. The van der Waals surface area contributed by atoms with Crippen LogP contribution in [0.1, 0.15) is 72.1 Å². The van der Waals surface area contributed by atoms with Crippen molar-refractivity contribution in [1.29, 1.82) is 0 Å². The third-order valence-electron chi connectivity index (χ3n) is 5.12. The summed E-state index contributed by atoms with van der Waals surface area (Å²) in [6, 6.07) is 0. The quantitative estimate of drug-likeness (QED) is 0.434. The van der Waals surface area contributed by atoms with Gasteiger partial charge in [-0.05, 0) is 0 Å². The van der Waals surface area contributed by atoms with Crippen molar-refractivity contribution in [1.82, 2.24) is 0 Å². The van der Waals surface area contributed by atoms with E-state index in [2.05, 4.69) is 81.4 Å². The van der Waals surface area contributed by atoms with Crippen LogP contribution in [-0.4, -0.2) is 0 Å². The van der Waals surface area contributed by atoms with E-state index >= 15 is 0 Å². The van der Waals surface area contributed by atoms with Gasteiger partial charge in [0, 0.05) is 0 Å². The van der Waals surface area contributed by atoms with Crippen molar-refractivity contribution in [2.75, 3.05) is 0 Å². The fourth-order valence-electron chi connectivity index (χ4n) is 2.81. The predicted molar refractivity (Wildman–Crippen MR) is 91.4 cm³/mol. The van der Waals surface area contributed by atoms with Crippen LogP contribution in [0.25, 0.3) is 0 Å². The Balaban J connectivity index is -0.000000308. The maximum atomic E-state index is 3.44. The van der Waals surface area contributed by atoms with Gasteiger partial charge in [-0.3, -0.25) is 12.2 Å². The first-order valence-corrected chi connectivity index (χ1v) is 7.50. The molecule has 0 saturated heterocycles. The predicted octanol–water partition coefficient (Wildman–Crippen LogP) is 6.45. The molecule has 0 amide bonds. The number of rotatable bonds is 0. The molecule has 0 saturated carbocycles. The molecule has 0 aliphatic heterocycles. The van der Waals surface area contributed by atoms with E-state index in [0.29, 0.717) is 0 Å². The molecule has 0 spiro atoms. The summed E-state index contributed by atoms with van der Waals surface area (Å²) in [6.45, 7) is 21.8. The summed E-state index contributed by atoms with van der Waals surface area (Å²) in [5, 5.41) is 0. The summed E-state index contributed by atoms with van der Waals surface area (Å²) in [7, 11) is 0. The van der Waals surface area contributed by atoms with Gasteiger partial charge >= 0.3 is 26.2 Å². The fourth-order valence-corrected chi connectivity index (χ4v) is 2.81. The Morgan fingerprint density at radius 3 is 0.905 bits per heavy atom. The summed E-state index contributed by atoms with van der Waals surface area (Å²) in [4.78, 5) is 0. The monoisotopic (exact) mass is 362 g/mol. The zero-order chi connectivity index (χ0) is 15.9. The molecule has 0 aromatic rings. The SMILES string of the molecule is CC1=[C-]C(C)(C)C(C)=C1C.CC1=[C-]C(C)(C)C(C)=C1C.[H-].[H-].[Zr+4]. The van der Waals surface area contributed by atoms with Crippen LogP contribution in [0.4, 0.5) is 0 Å². The van der Waals surface area contributed by atoms with Gasteiger partial charge in [0.25, 0.3) is 0 Å². The summed E-state index contributed by atoms with van der Waals surface area (Å²) < 4.78 is 0. The summed E-state index contributed by atoms with van der Waals surface area (Å²) in [6.07, 6.45) is 6.87. The molecule has 0 atom stereocenters. The molecule has 2 aliphatic carbocycles. The topological polar surface area (TPSA) is 0 Å². The second kappa shape index (κ2) is 6.95. The Bertz CT molecular complexity index is 494. The van der Waals surface area contributed by atoms with E-state index in [-0.39, 0.29) is 39.9 Å². The number of hydrogen-bond acceptors (Lipinski definition) is 0. The van der Waals surface area contributed by atoms with Gasteiger partial charge in [0.2, 0.25) is 0 Å². The van der Waals surface area contributed by atoms with Crippen molar-refractivity contribution < 1.29 is 29.1 Å². The van der Waals surface area contributed by atoms with E-state index in [1.54, 1.807) is 0 Å². The van der Waals surface area contributed by atoms with Crippen molar-refractivity contribution in [2.24, 2.45) is 10.8 Å². The Hall–Kier alpha value is -0.157. The molecule has 0 heterocycles. The third-order valence-corrected chi connectivity index (χ3v) is 5.12. The molecule has 0 fully saturated rings. The van der Waals surface area contributed by atoms with E-state index in [1.807, 2.05) is 0 Å². The van der Waals surface area contributed by atoms with Crippen LogP contribution in [0.15, 0.2) is 33.4 Å². The molecule has 0 radical (unpaired) electrons. The number of hydrogen-bond donors (Lipinski definition) is 0. The van der Waals surface area contributed by atoms with Crippen molar-refractivity contribution in [3.63, 3.8) is 0 Å². The summed E-state index contributed by atoms with van der Waals surface area (Å²) in [5.41, 5.74) is 8.79. The summed E-state index contributed by atoms with van der Waals surface area (Å²) >= 11 is 0. The van der Waals surface area contributed by atoms with Crippen LogP contribution < -0.4 is 0 Å². The van der Waals surface area contributed by atoms with E-state index in [1.165, 1.54) is 33.4 Å². The Morgan fingerprint density at radius 1 is 0.619 bits per heavy atom. The Kier molecular flexibility index (Phi) is 6.90. The first-order valence-electron chi connectivity index (χ1n) is 7.50. The molecule has 0 N–H and O–H groups in total. The van der Waals surface area contributed by atoms with E-state index in [4.69, 9.17) is 0 Å². The van der Waals surface area contributed by atoms with Crippen LogP contribution in [0.2, 0.25) is 0 Å². The molecule has 0 bridgehead atoms. The minimum atomic E-state index is 0. The van der Waals surface area contributed by atoms with Gasteiger partial charge in [-0.25, -0.2) is 11.1 Å². The molecule has 116 valence electrons. The summed E-state index contributed by atoms with van der Waals surface area (Å²) in [5.74, 6) is 0. The molecule has 0 nitrogen and oxygen atoms in total. The minimum Gasteiger partial charge on any atom is -1.00 e. The molecule has 1 heteroatoms. The molecule has 2 rings (SSSR count). The van der Waals surface area contributed by atoms with Gasteiger partial charge in [0.15, 0.2) is 0 Å². The smallest absolute Gasteiger partial charge is 1.00 e. The first-order chi connectivity index (χ1) is 8.90.